The number of methoxy groups -OCH3 is 1. The van der Waals surface area contributed by atoms with E-state index in [1.807, 2.05) is 0 Å². The second-order valence-corrected chi connectivity index (χ2v) is 7.40. The summed E-state index contributed by atoms with van der Waals surface area (Å²) in [6.07, 6.45) is 8.30. The van der Waals surface area contributed by atoms with Gasteiger partial charge in [-0.15, -0.1) is 0 Å². The van der Waals surface area contributed by atoms with Crippen molar-refractivity contribution >= 4 is 21.9 Å². The topological polar surface area (TPSA) is 46.5 Å². The molecule has 0 radical (unpaired) electrons. The smallest absolute Gasteiger partial charge is 0.303 e. The van der Waals surface area contributed by atoms with Crippen LogP contribution in [0.25, 0.3) is 0 Å². The molecule has 1 fully saturated rings. The molecule has 120 valence electrons. The highest BCUT2D eigenvalue weighted by Crippen LogP contribution is 2.51. The summed E-state index contributed by atoms with van der Waals surface area (Å²) in [6.45, 7) is 0. The Morgan fingerprint density at radius 3 is 2.73 bits per heavy atom. The molecule has 2 aliphatic rings. The highest BCUT2D eigenvalue weighted by molar-refractivity contribution is 9.10. The largest absolute Gasteiger partial charge is 0.495 e. The summed E-state index contributed by atoms with van der Waals surface area (Å²) in [5, 5.41) is 9.36. The third kappa shape index (κ3) is 3.17. The van der Waals surface area contributed by atoms with Gasteiger partial charge >= 0.3 is 5.97 Å². The lowest BCUT2D eigenvalue weighted by Crippen LogP contribution is -2.14. The monoisotopic (exact) mass is 366 g/mol. The lowest BCUT2D eigenvalue weighted by atomic mass is 9.83. The Bertz CT molecular complexity index is 578. The highest BCUT2D eigenvalue weighted by atomic mass is 79.9. The van der Waals surface area contributed by atoms with Gasteiger partial charge in [0.15, 0.2) is 0 Å². The summed E-state index contributed by atoms with van der Waals surface area (Å²) < 4.78 is 6.66. The van der Waals surface area contributed by atoms with Crippen molar-refractivity contribution in [3.63, 3.8) is 0 Å². The minimum absolute atomic E-state index is 0.0943. The van der Waals surface area contributed by atoms with Crippen LogP contribution in [-0.4, -0.2) is 18.2 Å². The average molecular weight is 367 g/mol. The van der Waals surface area contributed by atoms with Crippen LogP contribution in [0, 0.1) is 5.92 Å². The lowest BCUT2D eigenvalue weighted by molar-refractivity contribution is -0.137. The van der Waals surface area contributed by atoms with E-state index in [0.717, 1.165) is 35.9 Å². The van der Waals surface area contributed by atoms with E-state index in [1.165, 1.54) is 36.0 Å². The Labute approximate surface area is 140 Å². The van der Waals surface area contributed by atoms with Crippen molar-refractivity contribution < 1.29 is 14.6 Å². The fourth-order valence-electron chi connectivity index (χ4n) is 3.85. The number of halogens is 1. The van der Waals surface area contributed by atoms with Crippen LogP contribution in [0.5, 0.6) is 5.75 Å². The molecule has 1 atom stereocenters. The molecular formula is C18H23BrO3. The number of aryl methyl sites for hydroxylation is 1. The van der Waals surface area contributed by atoms with Crippen molar-refractivity contribution in [2.24, 2.45) is 5.92 Å². The van der Waals surface area contributed by atoms with Crippen molar-refractivity contribution in [3.05, 3.63) is 27.2 Å². The molecule has 0 heterocycles. The number of aliphatic carboxylic acids is 1. The van der Waals surface area contributed by atoms with Gasteiger partial charge in [-0.05, 0) is 77.6 Å². The van der Waals surface area contributed by atoms with E-state index >= 15 is 0 Å². The van der Waals surface area contributed by atoms with Crippen molar-refractivity contribution in [3.8, 4) is 5.75 Å². The molecule has 4 heteroatoms. The number of benzene rings is 1. The van der Waals surface area contributed by atoms with E-state index < -0.39 is 5.97 Å². The third-order valence-electron chi connectivity index (χ3n) is 5.01. The van der Waals surface area contributed by atoms with Gasteiger partial charge in [0.25, 0.3) is 0 Å². The van der Waals surface area contributed by atoms with Gasteiger partial charge in [0.1, 0.15) is 5.75 Å². The van der Waals surface area contributed by atoms with Crippen LogP contribution in [0.4, 0.5) is 0 Å². The minimum atomic E-state index is -0.707. The van der Waals surface area contributed by atoms with Crippen molar-refractivity contribution in [1.82, 2.24) is 0 Å². The first-order valence-corrected chi connectivity index (χ1v) is 9.01. The zero-order valence-corrected chi connectivity index (χ0v) is 14.6. The number of hydrogen-bond donors (Lipinski definition) is 1. The van der Waals surface area contributed by atoms with Crippen LogP contribution in [-0.2, 0) is 17.6 Å². The summed E-state index contributed by atoms with van der Waals surface area (Å²) in [7, 11) is 1.69. The van der Waals surface area contributed by atoms with Gasteiger partial charge in [-0.1, -0.05) is 6.42 Å². The van der Waals surface area contributed by atoms with Gasteiger partial charge in [0, 0.05) is 11.5 Å². The second kappa shape index (κ2) is 6.61. The number of hydrogen-bond acceptors (Lipinski definition) is 2. The SMILES string of the molecule is COc1c(Br)cc2c(c1C(CC(=O)O)C1CC1)CCCCC2. The predicted octanol–water partition coefficient (Wildman–Crippen LogP) is 4.69. The number of carboxylic acids is 1. The van der Waals surface area contributed by atoms with E-state index in [-0.39, 0.29) is 12.3 Å². The molecule has 0 bridgehead atoms. The summed E-state index contributed by atoms with van der Waals surface area (Å²) in [4.78, 5) is 11.4. The van der Waals surface area contributed by atoms with Crippen molar-refractivity contribution in [2.75, 3.05) is 7.11 Å². The van der Waals surface area contributed by atoms with Crippen LogP contribution >= 0.6 is 15.9 Å². The first-order chi connectivity index (χ1) is 10.6. The van der Waals surface area contributed by atoms with Crippen molar-refractivity contribution in [2.45, 2.75) is 57.3 Å². The normalized spacial score (nSPS) is 19.2. The van der Waals surface area contributed by atoms with Gasteiger partial charge < -0.3 is 9.84 Å². The van der Waals surface area contributed by atoms with Gasteiger partial charge in [-0.25, -0.2) is 0 Å². The lowest BCUT2D eigenvalue weighted by Gasteiger charge is -2.24. The van der Waals surface area contributed by atoms with E-state index in [9.17, 15) is 9.90 Å². The van der Waals surface area contributed by atoms with Crippen molar-refractivity contribution in [1.29, 1.82) is 0 Å². The van der Waals surface area contributed by atoms with E-state index in [0.29, 0.717) is 5.92 Å². The van der Waals surface area contributed by atoms with Crippen LogP contribution in [0.2, 0.25) is 0 Å². The number of ether oxygens (including phenoxy) is 1. The average Bonchev–Trinajstić information content (AvgIpc) is 3.30. The minimum Gasteiger partial charge on any atom is -0.495 e. The Hall–Kier alpha value is -1.03. The van der Waals surface area contributed by atoms with Gasteiger partial charge in [0.2, 0.25) is 0 Å². The molecule has 1 unspecified atom stereocenters. The molecule has 2 aliphatic carbocycles. The molecule has 0 amide bonds. The van der Waals surface area contributed by atoms with Crippen LogP contribution < -0.4 is 4.74 Å². The molecule has 3 rings (SSSR count). The van der Waals surface area contributed by atoms with Gasteiger partial charge in [0.05, 0.1) is 18.0 Å². The summed E-state index contributed by atoms with van der Waals surface area (Å²) in [5.41, 5.74) is 3.94. The number of rotatable bonds is 5. The Morgan fingerprint density at radius 2 is 2.09 bits per heavy atom. The van der Waals surface area contributed by atoms with E-state index in [1.54, 1.807) is 7.11 Å². The molecule has 0 aromatic heterocycles. The predicted molar refractivity (Wildman–Crippen MR) is 89.7 cm³/mol. The van der Waals surface area contributed by atoms with Crippen LogP contribution in [0.3, 0.4) is 0 Å². The number of fused-ring (bicyclic) bond motifs is 1. The van der Waals surface area contributed by atoms with Gasteiger partial charge in [-0.2, -0.15) is 0 Å². The number of carbonyl (C=O) groups is 1. The molecule has 0 saturated heterocycles. The molecule has 1 saturated carbocycles. The Morgan fingerprint density at radius 1 is 1.36 bits per heavy atom. The molecule has 3 nitrogen and oxygen atoms in total. The standard InChI is InChI=1S/C18H23BrO3/c1-22-18-15(19)9-12-5-3-2-4-6-13(12)17(18)14(10-16(20)21)11-7-8-11/h9,11,14H,2-8,10H2,1H3,(H,20,21). The molecule has 1 N–H and O–H groups in total. The highest BCUT2D eigenvalue weighted by Gasteiger charge is 2.37. The summed E-state index contributed by atoms with van der Waals surface area (Å²) in [6, 6.07) is 2.19. The first kappa shape index (κ1) is 15.9. The fraction of sp³-hybridized carbons (Fsp3) is 0.611. The Balaban J connectivity index is 2.13. The molecule has 0 spiro atoms. The third-order valence-corrected chi connectivity index (χ3v) is 5.60. The summed E-state index contributed by atoms with van der Waals surface area (Å²) in [5.74, 6) is 0.753. The zero-order chi connectivity index (χ0) is 15.7. The molecular weight excluding hydrogens is 344 g/mol. The second-order valence-electron chi connectivity index (χ2n) is 6.55. The number of carboxylic acid groups (broad SMARTS) is 1. The maximum Gasteiger partial charge on any atom is 0.303 e. The summed E-state index contributed by atoms with van der Waals surface area (Å²) >= 11 is 3.64. The maximum absolute atomic E-state index is 11.4. The molecule has 1 aromatic rings. The van der Waals surface area contributed by atoms with Gasteiger partial charge in [-0.3, -0.25) is 4.79 Å². The molecule has 22 heavy (non-hydrogen) atoms. The first-order valence-electron chi connectivity index (χ1n) is 8.21. The fourth-order valence-corrected chi connectivity index (χ4v) is 4.50. The Kier molecular flexibility index (Phi) is 4.76. The maximum atomic E-state index is 11.4. The molecule has 0 aliphatic heterocycles. The van der Waals surface area contributed by atoms with E-state index in [2.05, 4.69) is 22.0 Å². The zero-order valence-electron chi connectivity index (χ0n) is 13.0. The van der Waals surface area contributed by atoms with Crippen LogP contribution in [0.15, 0.2) is 10.5 Å². The van der Waals surface area contributed by atoms with E-state index in [4.69, 9.17) is 4.74 Å². The molecule has 1 aromatic carbocycles. The quantitative estimate of drug-likeness (QED) is 0.768. The van der Waals surface area contributed by atoms with Crippen LogP contribution in [0.1, 0.15) is 61.1 Å².